The first kappa shape index (κ1) is 47.2. The van der Waals surface area contributed by atoms with Crippen LogP contribution in [0.1, 0.15) is 83.3 Å². The molecule has 11 atom stereocenters. The van der Waals surface area contributed by atoms with E-state index in [2.05, 4.69) is 5.32 Å². The second-order valence-corrected chi connectivity index (χ2v) is 19.3. The second-order valence-electron chi connectivity index (χ2n) is 19.3. The molecule has 2 saturated carbocycles. The number of amides is 1. The number of hydrogen-bond acceptors (Lipinski definition) is 16. The van der Waals surface area contributed by atoms with Crippen molar-refractivity contribution in [3.8, 4) is 0 Å². The van der Waals surface area contributed by atoms with Gasteiger partial charge in [0.2, 0.25) is 0 Å². The minimum absolute atomic E-state index is 0.000672. The number of hydrogen-bond donors (Lipinski definition) is 5. The van der Waals surface area contributed by atoms with Crippen LogP contribution in [0, 0.1) is 16.7 Å². The van der Waals surface area contributed by atoms with Crippen LogP contribution in [0.2, 0.25) is 0 Å². The average molecular weight is 893 g/mol. The predicted molar refractivity (Wildman–Crippen MR) is 225 cm³/mol. The number of carbonyl (C=O) groups excluding carboxylic acids is 5. The Kier molecular flexibility index (Phi) is 13.0. The third kappa shape index (κ3) is 8.35. The van der Waals surface area contributed by atoms with Crippen molar-refractivity contribution in [1.29, 1.82) is 0 Å². The van der Waals surface area contributed by atoms with E-state index >= 15 is 4.79 Å². The standard InChI is InChI=1S/C47H60N2O15/c1-26(50)63-46-25-60-32(46)22-31(51)45(7)37(46)39(62-40(55)28-16-12-9-13-17-28)47(58)23-30(29(24-49-18-20-59-21-19-49)33(44(47,5)6)35(52)38(45)54)61-41(56)36(53)34(27-14-10-8-11-15-27)48-42(57)64-43(2,3)4/h8-17,30-32,34-37,39,51-53,58H,18-25H2,1-7H3,(H,48,57)/t30-,31-,32+,34-,35+,36+,37-,39-,45+,46-,47+/m0/s1. The maximum atomic E-state index is 15.4. The zero-order valence-electron chi connectivity index (χ0n) is 37.3. The van der Waals surface area contributed by atoms with Crippen LogP contribution >= 0.6 is 0 Å². The molecule has 2 heterocycles. The van der Waals surface area contributed by atoms with Gasteiger partial charge in [-0.25, -0.2) is 14.4 Å². The first-order chi connectivity index (χ1) is 30.0. The van der Waals surface area contributed by atoms with Crippen LogP contribution < -0.4 is 5.32 Å². The van der Waals surface area contributed by atoms with Crippen LogP contribution in [0.15, 0.2) is 71.8 Å². The quantitative estimate of drug-likeness (QED) is 0.131. The summed E-state index contributed by atoms with van der Waals surface area (Å²) in [6.45, 7) is 11.9. The molecule has 3 aliphatic carbocycles. The molecule has 5 aliphatic rings. The van der Waals surface area contributed by atoms with Gasteiger partial charge in [-0.05, 0) is 56.5 Å². The van der Waals surface area contributed by atoms with Gasteiger partial charge in [-0.1, -0.05) is 62.4 Å². The zero-order chi connectivity index (χ0) is 46.6. The summed E-state index contributed by atoms with van der Waals surface area (Å²) in [5, 5.41) is 53.0. The Balaban J connectivity index is 1.41. The van der Waals surface area contributed by atoms with Crippen molar-refractivity contribution in [2.24, 2.45) is 16.7 Å². The highest BCUT2D eigenvalue weighted by atomic mass is 16.6. The smallest absolute Gasteiger partial charge is 0.408 e. The number of esters is 3. The van der Waals surface area contributed by atoms with E-state index in [1.54, 1.807) is 83.1 Å². The summed E-state index contributed by atoms with van der Waals surface area (Å²) >= 11 is 0. The number of aliphatic hydroxyl groups excluding tert-OH is 3. The topological polar surface area (TPSA) is 237 Å². The van der Waals surface area contributed by atoms with Gasteiger partial charge in [0.25, 0.3) is 0 Å². The zero-order valence-corrected chi connectivity index (χ0v) is 37.3. The van der Waals surface area contributed by atoms with E-state index < -0.39 is 112 Å². The highest BCUT2D eigenvalue weighted by Crippen LogP contribution is 2.64. The van der Waals surface area contributed by atoms with Crippen LogP contribution in [-0.4, -0.2) is 148 Å². The van der Waals surface area contributed by atoms with E-state index in [9.17, 15) is 39.6 Å². The Labute approximate surface area is 372 Å². The number of ether oxygens (including phenoxy) is 6. The number of morpholine rings is 1. The summed E-state index contributed by atoms with van der Waals surface area (Å²) in [4.78, 5) is 72.4. The Hall–Kier alpha value is -4.75. The molecule has 5 N–H and O–H groups in total. The largest absolute Gasteiger partial charge is 0.456 e. The Morgan fingerprint density at radius 2 is 1.58 bits per heavy atom. The maximum Gasteiger partial charge on any atom is 0.408 e. The first-order valence-corrected chi connectivity index (χ1v) is 21.7. The summed E-state index contributed by atoms with van der Waals surface area (Å²) in [6, 6.07) is 14.7. The predicted octanol–water partition coefficient (Wildman–Crippen LogP) is 2.57. The third-order valence-electron chi connectivity index (χ3n) is 13.9. The first-order valence-electron chi connectivity index (χ1n) is 21.7. The SMILES string of the molecule is CC(=O)O[C@@]12CO[C@@H]1C[C@H](O)[C@@]1(C)C(=O)[C@H](O)C3=C(CN4CCOCC4)[C@@H](OC(=O)[C@H](O)[C@@H](NC(=O)OC(C)(C)C)c4ccccc4)C[C@@](O)([C@@H](OC(=O)c4ccccc4)[C@H]21)C3(C)C. The van der Waals surface area contributed by atoms with Crippen molar-refractivity contribution in [2.75, 3.05) is 39.5 Å². The van der Waals surface area contributed by atoms with E-state index in [0.717, 1.165) is 6.92 Å². The Bertz CT molecular complexity index is 2130. The van der Waals surface area contributed by atoms with Crippen LogP contribution in [0.3, 0.4) is 0 Å². The summed E-state index contributed by atoms with van der Waals surface area (Å²) in [6.07, 6.45) is -11.7. The van der Waals surface area contributed by atoms with Gasteiger partial charge in [0.05, 0.1) is 48.9 Å². The number of nitrogens with zero attached hydrogens (tertiary/aromatic N) is 1. The van der Waals surface area contributed by atoms with E-state index in [-0.39, 0.29) is 36.3 Å². The summed E-state index contributed by atoms with van der Waals surface area (Å²) in [5.41, 5.74) is -8.24. The highest BCUT2D eigenvalue weighted by Gasteiger charge is 2.78. The molecular formula is C47H60N2O15. The lowest BCUT2D eigenvalue weighted by molar-refractivity contribution is -0.346. The molecule has 2 aliphatic heterocycles. The molecule has 7 rings (SSSR count). The number of nitrogens with one attached hydrogen (secondary N) is 1. The molecule has 2 aromatic rings. The van der Waals surface area contributed by atoms with Crippen molar-refractivity contribution < 1.29 is 72.8 Å². The van der Waals surface area contributed by atoms with Crippen LogP contribution in [0.4, 0.5) is 4.79 Å². The lowest BCUT2D eigenvalue weighted by atomic mass is 9.44. The molecule has 0 radical (unpaired) electrons. The number of alkyl carbamates (subject to hydrolysis) is 1. The molecule has 17 nitrogen and oxygen atoms in total. The molecule has 1 amide bonds. The molecule has 4 fully saturated rings. The maximum absolute atomic E-state index is 15.4. The lowest BCUT2D eigenvalue weighted by Crippen LogP contribution is -2.82. The molecule has 0 unspecified atom stereocenters. The molecule has 17 heteroatoms. The number of carbonyl (C=O) groups is 5. The summed E-state index contributed by atoms with van der Waals surface area (Å²) in [7, 11) is 0. The number of fused-ring (bicyclic) bond motifs is 5. The molecule has 2 aromatic carbocycles. The number of Topliss-reactive ketones (excluding diaryl/α,β-unsaturated/α-hetero) is 1. The number of aliphatic hydroxyl groups is 4. The molecular weight excluding hydrogens is 833 g/mol. The fourth-order valence-electron chi connectivity index (χ4n) is 10.6. The minimum Gasteiger partial charge on any atom is -0.456 e. The molecule has 0 aromatic heterocycles. The normalized spacial score (nSPS) is 33.4. The minimum atomic E-state index is -2.40. The van der Waals surface area contributed by atoms with Gasteiger partial charge < -0.3 is 54.2 Å². The summed E-state index contributed by atoms with van der Waals surface area (Å²) < 4.78 is 35.7. The summed E-state index contributed by atoms with van der Waals surface area (Å²) in [5.74, 6) is -5.39. The van der Waals surface area contributed by atoms with Crippen molar-refractivity contribution in [3.05, 3.63) is 82.9 Å². The lowest BCUT2D eigenvalue weighted by Gasteiger charge is -2.67. The van der Waals surface area contributed by atoms with E-state index in [1.165, 1.54) is 19.1 Å². The van der Waals surface area contributed by atoms with Crippen molar-refractivity contribution in [3.63, 3.8) is 0 Å². The molecule has 2 saturated heterocycles. The molecule has 2 bridgehead atoms. The van der Waals surface area contributed by atoms with Crippen molar-refractivity contribution in [2.45, 2.75) is 121 Å². The van der Waals surface area contributed by atoms with E-state index in [4.69, 9.17) is 28.4 Å². The van der Waals surface area contributed by atoms with Gasteiger partial charge in [0.1, 0.15) is 35.6 Å². The molecule has 0 spiro atoms. The second kappa shape index (κ2) is 17.6. The average Bonchev–Trinajstić information content (AvgIpc) is 3.23. The van der Waals surface area contributed by atoms with Gasteiger partial charge in [-0.15, -0.1) is 0 Å². The number of benzene rings is 2. The Morgan fingerprint density at radius 3 is 2.16 bits per heavy atom. The van der Waals surface area contributed by atoms with Gasteiger partial charge in [0, 0.05) is 44.8 Å². The monoisotopic (exact) mass is 892 g/mol. The van der Waals surface area contributed by atoms with Gasteiger partial charge >= 0.3 is 24.0 Å². The third-order valence-corrected chi connectivity index (χ3v) is 13.9. The van der Waals surface area contributed by atoms with Gasteiger partial charge in [0.15, 0.2) is 17.5 Å². The fourth-order valence-corrected chi connectivity index (χ4v) is 10.6. The van der Waals surface area contributed by atoms with Crippen LogP contribution in [0.5, 0.6) is 0 Å². The van der Waals surface area contributed by atoms with Crippen LogP contribution in [0.25, 0.3) is 0 Å². The Morgan fingerprint density at radius 1 is 0.953 bits per heavy atom. The van der Waals surface area contributed by atoms with Gasteiger partial charge in [-0.2, -0.15) is 0 Å². The fraction of sp³-hybridized carbons (Fsp3) is 0.596. The van der Waals surface area contributed by atoms with Crippen LogP contribution in [-0.2, 0) is 42.8 Å². The number of ketones is 1. The number of rotatable bonds is 10. The van der Waals surface area contributed by atoms with Gasteiger partial charge in [-0.3, -0.25) is 14.5 Å². The van der Waals surface area contributed by atoms with E-state index in [1.807, 2.05) is 4.90 Å². The molecule has 348 valence electrons. The van der Waals surface area contributed by atoms with E-state index in [0.29, 0.717) is 31.9 Å². The highest BCUT2D eigenvalue weighted by molar-refractivity contribution is 5.94. The molecule has 64 heavy (non-hydrogen) atoms. The van der Waals surface area contributed by atoms with Crippen molar-refractivity contribution in [1.82, 2.24) is 10.2 Å². The van der Waals surface area contributed by atoms with Crippen molar-refractivity contribution >= 4 is 29.8 Å².